The molecule has 0 aromatic carbocycles. The van der Waals surface area contributed by atoms with Crippen LogP contribution in [-0.4, -0.2) is 12.3 Å². The maximum absolute atomic E-state index is 12.3. The number of hydrogen-bond donors (Lipinski definition) is 1. The minimum absolute atomic E-state index is 0.0191. The molecule has 1 atom stereocenters. The van der Waals surface area contributed by atoms with E-state index in [2.05, 4.69) is 19.9 Å². The van der Waals surface area contributed by atoms with Crippen LogP contribution in [0.25, 0.3) is 0 Å². The first kappa shape index (κ1) is 13.4. The van der Waals surface area contributed by atoms with Gasteiger partial charge in [0.05, 0.1) is 0 Å². The molecule has 1 aliphatic carbocycles. The minimum atomic E-state index is 0.0191. The van der Waals surface area contributed by atoms with Gasteiger partial charge in [0.15, 0.2) is 5.78 Å². The van der Waals surface area contributed by atoms with Gasteiger partial charge in [-0.2, -0.15) is 0 Å². The van der Waals surface area contributed by atoms with Crippen LogP contribution in [0.1, 0.15) is 52.4 Å². The van der Waals surface area contributed by atoms with E-state index in [-0.39, 0.29) is 5.92 Å². The molecule has 0 aromatic rings. The van der Waals surface area contributed by atoms with Crippen LogP contribution in [0.4, 0.5) is 0 Å². The lowest BCUT2D eigenvalue weighted by molar-refractivity contribution is -0.120. The molecule has 1 unspecified atom stereocenters. The average Bonchev–Trinajstić information content (AvgIpc) is 2.16. The highest BCUT2D eigenvalue weighted by molar-refractivity contribution is 5.97. The van der Waals surface area contributed by atoms with E-state index in [1.165, 1.54) is 19.3 Å². The fourth-order valence-corrected chi connectivity index (χ4v) is 2.34. The third-order valence-corrected chi connectivity index (χ3v) is 3.50. The summed E-state index contributed by atoms with van der Waals surface area (Å²) in [6, 6.07) is 0. The topological polar surface area (TPSA) is 43.1 Å². The first-order valence-electron chi connectivity index (χ1n) is 6.60. The second-order valence-electron chi connectivity index (χ2n) is 5.13. The quantitative estimate of drug-likeness (QED) is 0.796. The van der Waals surface area contributed by atoms with E-state index in [1.807, 2.05) is 0 Å². The van der Waals surface area contributed by atoms with Gasteiger partial charge >= 0.3 is 0 Å². The van der Waals surface area contributed by atoms with E-state index in [1.54, 1.807) is 0 Å². The Labute approximate surface area is 99.3 Å². The Morgan fingerprint density at radius 3 is 2.62 bits per heavy atom. The van der Waals surface area contributed by atoms with Crippen molar-refractivity contribution in [3.05, 3.63) is 11.6 Å². The van der Waals surface area contributed by atoms with E-state index in [0.29, 0.717) is 18.2 Å². The number of ketones is 1. The molecule has 0 heterocycles. The van der Waals surface area contributed by atoms with Crippen LogP contribution in [0.3, 0.4) is 0 Å². The number of carbonyl (C=O) groups is 1. The van der Waals surface area contributed by atoms with Gasteiger partial charge in [-0.1, -0.05) is 32.8 Å². The first-order valence-corrected chi connectivity index (χ1v) is 6.60. The van der Waals surface area contributed by atoms with E-state index in [0.717, 1.165) is 24.8 Å². The molecule has 2 heteroatoms. The molecule has 92 valence electrons. The van der Waals surface area contributed by atoms with Crippen molar-refractivity contribution in [2.75, 3.05) is 6.54 Å². The Morgan fingerprint density at radius 1 is 1.31 bits per heavy atom. The first-order chi connectivity index (χ1) is 7.66. The number of carbonyl (C=O) groups excluding carboxylic acids is 1. The van der Waals surface area contributed by atoms with Crippen LogP contribution in [0.15, 0.2) is 11.6 Å². The fourth-order valence-electron chi connectivity index (χ4n) is 2.34. The summed E-state index contributed by atoms with van der Waals surface area (Å²) >= 11 is 0. The second-order valence-corrected chi connectivity index (χ2v) is 5.13. The monoisotopic (exact) mass is 223 g/mol. The smallest absolute Gasteiger partial charge is 0.163 e. The van der Waals surface area contributed by atoms with Crippen molar-refractivity contribution in [2.45, 2.75) is 52.4 Å². The third-order valence-electron chi connectivity index (χ3n) is 3.50. The fraction of sp³-hybridized carbons (Fsp3) is 0.786. The van der Waals surface area contributed by atoms with Crippen LogP contribution >= 0.6 is 0 Å². The molecule has 0 amide bonds. The zero-order valence-corrected chi connectivity index (χ0v) is 10.7. The van der Waals surface area contributed by atoms with Gasteiger partial charge in [-0.05, 0) is 37.2 Å². The maximum atomic E-state index is 12.3. The van der Waals surface area contributed by atoms with Gasteiger partial charge in [0, 0.05) is 12.5 Å². The van der Waals surface area contributed by atoms with Crippen LogP contribution in [-0.2, 0) is 4.79 Å². The van der Waals surface area contributed by atoms with Crippen molar-refractivity contribution < 1.29 is 4.79 Å². The Hall–Kier alpha value is -0.630. The molecule has 0 aromatic heterocycles. The number of hydrogen-bond acceptors (Lipinski definition) is 2. The SMILES string of the molecule is CC(C)C(CN)C(=O)C1=CCCCCCC1. The largest absolute Gasteiger partial charge is 0.330 e. The molecule has 0 fully saturated rings. The highest BCUT2D eigenvalue weighted by Gasteiger charge is 2.23. The van der Waals surface area contributed by atoms with Crippen LogP contribution < -0.4 is 5.73 Å². The second kappa shape index (κ2) is 6.85. The highest BCUT2D eigenvalue weighted by atomic mass is 16.1. The van der Waals surface area contributed by atoms with Gasteiger partial charge in [0.1, 0.15) is 0 Å². The summed E-state index contributed by atoms with van der Waals surface area (Å²) in [5.74, 6) is 0.675. The Balaban J connectivity index is 2.69. The molecular formula is C14H25NO. The van der Waals surface area contributed by atoms with E-state index in [9.17, 15) is 4.79 Å². The molecule has 0 spiro atoms. The molecule has 2 N–H and O–H groups in total. The van der Waals surface area contributed by atoms with E-state index >= 15 is 0 Å². The van der Waals surface area contributed by atoms with E-state index < -0.39 is 0 Å². The zero-order chi connectivity index (χ0) is 12.0. The van der Waals surface area contributed by atoms with Gasteiger partial charge in [0.2, 0.25) is 0 Å². The predicted molar refractivity (Wildman–Crippen MR) is 68.2 cm³/mol. The molecule has 0 bridgehead atoms. The van der Waals surface area contributed by atoms with Crippen molar-refractivity contribution >= 4 is 5.78 Å². The summed E-state index contributed by atoms with van der Waals surface area (Å²) in [4.78, 5) is 12.3. The van der Waals surface area contributed by atoms with Gasteiger partial charge in [-0.3, -0.25) is 4.79 Å². The lowest BCUT2D eigenvalue weighted by Gasteiger charge is -2.20. The van der Waals surface area contributed by atoms with Crippen LogP contribution in [0.2, 0.25) is 0 Å². The standard InChI is InChI=1S/C14H25NO/c1-11(2)13(10-15)14(16)12-8-6-4-3-5-7-9-12/h8,11,13H,3-7,9-10,15H2,1-2H3. The Kier molecular flexibility index (Phi) is 5.75. The summed E-state index contributed by atoms with van der Waals surface area (Å²) in [6.07, 6.45) is 9.14. The molecule has 0 radical (unpaired) electrons. The molecule has 1 rings (SSSR count). The molecule has 0 aliphatic heterocycles. The van der Waals surface area contributed by atoms with Crippen molar-refractivity contribution in [1.29, 1.82) is 0 Å². The molecule has 1 aliphatic rings. The number of rotatable bonds is 4. The van der Waals surface area contributed by atoms with Crippen molar-refractivity contribution in [3.8, 4) is 0 Å². The van der Waals surface area contributed by atoms with Crippen LogP contribution in [0.5, 0.6) is 0 Å². The normalized spacial score (nSPS) is 19.9. The number of allylic oxidation sites excluding steroid dienone is 2. The predicted octanol–water partition coefficient (Wildman–Crippen LogP) is 3.07. The van der Waals surface area contributed by atoms with Gasteiger partial charge in [0.25, 0.3) is 0 Å². The van der Waals surface area contributed by atoms with Gasteiger partial charge in [-0.15, -0.1) is 0 Å². The average molecular weight is 223 g/mol. The maximum Gasteiger partial charge on any atom is 0.163 e. The molecule has 0 saturated heterocycles. The molecule has 0 saturated carbocycles. The minimum Gasteiger partial charge on any atom is -0.330 e. The molecule has 2 nitrogen and oxygen atoms in total. The van der Waals surface area contributed by atoms with Gasteiger partial charge < -0.3 is 5.73 Å². The van der Waals surface area contributed by atoms with Crippen molar-refractivity contribution in [3.63, 3.8) is 0 Å². The van der Waals surface area contributed by atoms with Crippen molar-refractivity contribution in [1.82, 2.24) is 0 Å². The molecular weight excluding hydrogens is 198 g/mol. The highest BCUT2D eigenvalue weighted by Crippen LogP contribution is 2.22. The molecule has 16 heavy (non-hydrogen) atoms. The van der Waals surface area contributed by atoms with Gasteiger partial charge in [-0.25, -0.2) is 0 Å². The zero-order valence-electron chi connectivity index (χ0n) is 10.7. The summed E-state index contributed by atoms with van der Waals surface area (Å²) in [5, 5.41) is 0. The summed E-state index contributed by atoms with van der Waals surface area (Å²) in [5.41, 5.74) is 6.75. The number of Topliss-reactive ketones (excluding diaryl/α,β-unsaturated/α-hetero) is 1. The summed E-state index contributed by atoms with van der Waals surface area (Å²) in [7, 11) is 0. The number of nitrogens with two attached hydrogens (primary N) is 1. The lowest BCUT2D eigenvalue weighted by atomic mass is 9.85. The summed E-state index contributed by atoms with van der Waals surface area (Å²) in [6.45, 7) is 4.64. The third kappa shape index (κ3) is 3.75. The van der Waals surface area contributed by atoms with E-state index in [4.69, 9.17) is 5.73 Å². The Bertz CT molecular complexity index is 255. The summed E-state index contributed by atoms with van der Waals surface area (Å²) < 4.78 is 0. The lowest BCUT2D eigenvalue weighted by Crippen LogP contribution is -2.29. The van der Waals surface area contributed by atoms with Crippen LogP contribution in [0, 0.1) is 11.8 Å². The Morgan fingerprint density at radius 2 is 2.00 bits per heavy atom. The van der Waals surface area contributed by atoms with Crippen molar-refractivity contribution in [2.24, 2.45) is 17.6 Å².